The molecule has 3 aromatic carbocycles. The normalized spacial score (nSPS) is 29.8. The Hall–Kier alpha value is -3.55. The predicted molar refractivity (Wildman–Crippen MR) is 132 cm³/mol. The van der Waals surface area contributed by atoms with E-state index in [1.807, 2.05) is 18.2 Å². The topological polar surface area (TPSA) is 78.5 Å². The molecule has 0 saturated carbocycles. The van der Waals surface area contributed by atoms with Gasteiger partial charge in [0, 0.05) is 33.6 Å². The Morgan fingerprint density at radius 1 is 0.944 bits per heavy atom. The van der Waals surface area contributed by atoms with E-state index in [4.69, 9.17) is 11.6 Å². The summed E-state index contributed by atoms with van der Waals surface area (Å²) in [5.41, 5.74) is -0.302. The average molecular weight is 502 g/mol. The van der Waals surface area contributed by atoms with Gasteiger partial charge in [-0.05, 0) is 73.5 Å². The largest absolute Gasteiger partial charge is 0.325 e. The van der Waals surface area contributed by atoms with Crippen LogP contribution in [0.4, 0.5) is 15.8 Å². The minimum Gasteiger partial charge on any atom is -0.325 e. The van der Waals surface area contributed by atoms with Crippen molar-refractivity contribution in [3.05, 3.63) is 94.3 Å². The van der Waals surface area contributed by atoms with Crippen molar-refractivity contribution in [2.75, 3.05) is 17.2 Å². The van der Waals surface area contributed by atoms with E-state index in [1.165, 1.54) is 24.3 Å². The van der Waals surface area contributed by atoms with Crippen molar-refractivity contribution < 1.29 is 18.8 Å². The van der Waals surface area contributed by atoms with Crippen LogP contribution in [0.2, 0.25) is 5.02 Å². The van der Waals surface area contributed by atoms with Crippen LogP contribution < -0.4 is 10.6 Å². The van der Waals surface area contributed by atoms with E-state index in [2.05, 4.69) is 15.5 Å². The minimum absolute atomic E-state index is 0.279. The molecular formula is C28H21ClFN3O3. The summed E-state index contributed by atoms with van der Waals surface area (Å²) < 4.78 is 13.7. The van der Waals surface area contributed by atoms with Crippen molar-refractivity contribution in [1.82, 2.24) is 4.90 Å². The maximum Gasteiger partial charge on any atom is 0.251 e. The van der Waals surface area contributed by atoms with Gasteiger partial charge in [-0.2, -0.15) is 0 Å². The van der Waals surface area contributed by atoms with Gasteiger partial charge >= 0.3 is 0 Å². The van der Waals surface area contributed by atoms with Crippen LogP contribution in [0.15, 0.2) is 66.7 Å². The van der Waals surface area contributed by atoms with E-state index in [9.17, 15) is 18.8 Å². The third-order valence-electron chi connectivity index (χ3n) is 8.47. The van der Waals surface area contributed by atoms with E-state index >= 15 is 0 Å². The fraction of sp³-hybridized carbons (Fsp3) is 0.250. The standard InChI is InChI=1S/C28H21ClFN3O3/c29-16-9-12-21-19(14-16)28(26(36)32-21)27(18-4-1-2-5-20(18)31-25(27)35)23(22-6-3-13-33(22)28)24(34)15-7-10-17(30)11-8-15/h1-2,4-5,7-12,14,22-23H,3,6,13H2,(H,31,35)(H,32,36)/t22-,23-,27+,28+/m0/s1. The van der Waals surface area contributed by atoms with Crippen molar-refractivity contribution >= 4 is 40.6 Å². The van der Waals surface area contributed by atoms with Crippen LogP contribution in [0.5, 0.6) is 0 Å². The van der Waals surface area contributed by atoms with Crippen LogP contribution in [0.25, 0.3) is 0 Å². The minimum atomic E-state index is -1.54. The molecule has 0 aliphatic carbocycles. The van der Waals surface area contributed by atoms with Crippen LogP contribution in [0, 0.1) is 11.7 Å². The quantitative estimate of drug-likeness (QED) is 0.507. The van der Waals surface area contributed by atoms with Crippen molar-refractivity contribution in [2.45, 2.75) is 29.8 Å². The van der Waals surface area contributed by atoms with Crippen molar-refractivity contribution in [1.29, 1.82) is 0 Å². The monoisotopic (exact) mass is 501 g/mol. The molecule has 2 N–H and O–H groups in total. The second-order valence-corrected chi connectivity index (χ2v) is 10.4. The second kappa shape index (κ2) is 7.24. The number of halogens is 2. The molecule has 2 spiro atoms. The molecule has 2 saturated heterocycles. The molecule has 6 nitrogen and oxygen atoms in total. The number of rotatable bonds is 2. The van der Waals surface area contributed by atoms with Crippen molar-refractivity contribution in [3.8, 4) is 0 Å². The number of amides is 2. The van der Waals surface area contributed by atoms with Crippen LogP contribution in [-0.2, 0) is 20.5 Å². The number of carbonyl (C=O) groups is 3. The lowest BCUT2D eigenvalue weighted by Crippen LogP contribution is -2.62. The molecule has 2 amide bonds. The fourth-order valence-corrected chi connectivity index (χ4v) is 7.52. The van der Waals surface area contributed by atoms with Gasteiger partial charge in [0.25, 0.3) is 5.91 Å². The SMILES string of the molecule is O=C(c1ccc(F)cc1)[C@@H]1[C@@H]2CCCN2[C@]2(C(=O)Nc3ccc(Cl)cc32)[C@@]12C(=O)Nc1ccccc12. The van der Waals surface area contributed by atoms with Gasteiger partial charge in [-0.25, -0.2) is 4.39 Å². The van der Waals surface area contributed by atoms with E-state index < -0.39 is 22.7 Å². The number of ketones is 1. The molecule has 0 radical (unpaired) electrons. The summed E-state index contributed by atoms with van der Waals surface area (Å²) in [5.74, 6) is -2.33. The van der Waals surface area contributed by atoms with Crippen LogP contribution in [0.1, 0.15) is 34.3 Å². The first-order valence-corrected chi connectivity index (χ1v) is 12.4. The van der Waals surface area contributed by atoms with E-state index in [1.54, 1.807) is 24.3 Å². The summed E-state index contributed by atoms with van der Waals surface area (Å²) in [7, 11) is 0. The Labute approximate surface area is 211 Å². The van der Waals surface area contributed by atoms with E-state index in [0.29, 0.717) is 46.1 Å². The molecule has 0 unspecified atom stereocenters. The Balaban J connectivity index is 1.59. The lowest BCUT2D eigenvalue weighted by Gasteiger charge is -2.43. The Kier molecular flexibility index (Phi) is 4.37. The van der Waals surface area contributed by atoms with Crippen LogP contribution >= 0.6 is 11.6 Å². The molecule has 7 rings (SSSR count). The molecule has 4 aliphatic rings. The molecule has 0 bridgehead atoms. The van der Waals surface area contributed by atoms with Crippen molar-refractivity contribution in [3.63, 3.8) is 0 Å². The Bertz CT molecular complexity index is 1490. The zero-order chi connectivity index (χ0) is 24.8. The summed E-state index contributed by atoms with van der Waals surface area (Å²) in [6, 6.07) is 17.5. The number of nitrogens with one attached hydrogen (secondary N) is 2. The predicted octanol–water partition coefficient (Wildman–Crippen LogP) is 4.49. The highest BCUT2D eigenvalue weighted by atomic mass is 35.5. The van der Waals surface area contributed by atoms with Crippen LogP contribution in [0.3, 0.4) is 0 Å². The average Bonchev–Trinajstić information content (AvgIpc) is 3.58. The summed E-state index contributed by atoms with van der Waals surface area (Å²) in [5, 5.41) is 6.43. The van der Waals surface area contributed by atoms with Gasteiger partial charge in [-0.1, -0.05) is 29.8 Å². The molecule has 4 aliphatic heterocycles. The van der Waals surface area contributed by atoms with Crippen molar-refractivity contribution in [2.24, 2.45) is 5.92 Å². The molecule has 8 heteroatoms. The smallest absolute Gasteiger partial charge is 0.251 e. The molecule has 4 heterocycles. The van der Waals surface area contributed by atoms with Gasteiger partial charge in [0.1, 0.15) is 16.8 Å². The number of nitrogens with zero attached hydrogens (tertiary/aromatic N) is 1. The third kappa shape index (κ3) is 2.38. The molecule has 2 fully saturated rings. The van der Waals surface area contributed by atoms with Gasteiger partial charge < -0.3 is 10.6 Å². The highest BCUT2D eigenvalue weighted by molar-refractivity contribution is 6.31. The molecule has 180 valence electrons. The summed E-state index contributed by atoms with van der Waals surface area (Å²) in [4.78, 5) is 45.0. The first kappa shape index (κ1) is 21.7. The van der Waals surface area contributed by atoms with Gasteiger partial charge in [0.2, 0.25) is 5.91 Å². The number of anilines is 2. The summed E-state index contributed by atoms with van der Waals surface area (Å²) >= 11 is 6.46. The zero-order valence-corrected chi connectivity index (χ0v) is 19.8. The van der Waals surface area contributed by atoms with Gasteiger partial charge in [0.15, 0.2) is 5.78 Å². The lowest BCUT2D eigenvalue weighted by molar-refractivity contribution is -0.137. The Morgan fingerprint density at radius 3 is 2.47 bits per heavy atom. The lowest BCUT2D eigenvalue weighted by atomic mass is 9.57. The Morgan fingerprint density at radius 2 is 1.67 bits per heavy atom. The van der Waals surface area contributed by atoms with Gasteiger partial charge in [-0.15, -0.1) is 0 Å². The molecule has 4 atom stereocenters. The zero-order valence-electron chi connectivity index (χ0n) is 19.1. The molecule has 3 aromatic rings. The first-order valence-electron chi connectivity index (χ1n) is 12.0. The number of hydrogen-bond donors (Lipinski definition) is 2. The second-order valence-electron chi connectivity index (χ2n) is 9.91. The number of hydrogen-bond acceptors (Lipinski definition) is 4. The number of Topliss-reactive ketones (excluding diaryl/α,β-unsaturated/α-hetero) is 1. The van der Waals surface area contributed by atoms with Gasteiger partial charge in [0.05, 0.1) is 5.92 Å². The molecule has 36 heavy (non-hydrogen) atoms. The van der Waals surface area contributed by atoms with Crippen LogP contribution in [-0.4, -0.2) is 35.1 Å². The third-order valence-corrected chi connectivity index (χ3v) is 8.70. The maximum atomic E-state index is 14.4. The highest BCUT2D eigenvalue weighted by Crippen LogP contribution is 2.67. The maximum absolute atomic E-state index is 14.4. The molecule has 0 aromatic heterocycles. The van der Waals surface area contributed by atoms with Gasteiger partial charge in [-0.3, -0.25) is 19.3 Å². The number of benzene rings is 3. The summed E-state index contributed by atoms with van der Waals surface area (Å²) in [6.07, 6.45) is 1.43. The summed E-state index contributed by atoms with van der Waals surface area (Å²) in [6.45, 7) is 0.550. The van der Waals surface area contributed by atoms with E-state index in [-0.39, 0.29) is 23.6 Å². The molecular weight excluding hydrogens is 481 g/mol. The number of fused-ring (bicyclic) bond motifs is 7. The fourth-order valence-electron chi connectivity index (χ4n) is 7.34. The van der Waals surface area contributed by atoms with E-state index in [0.717, 1.165) is 6.42 Å². The first-order chi connectivity index (χ1) is 17.4. The number of para-hydroxylation sites is 1. The number of carbonyl (C=O) groups excluding carboxylic acids is 3. The highest BCUT2D eigenvalue weighted by Gasteiger charge is 2.81.